The predicted octanol–water partition coefficient (Wildman–Crippen LogP) is 8.79. The van der Waals surface area contributed by atoms with Crippen molar-refractivity contribution in [2.24, 2.45) is 0 Å². The van der Waals surface area contributed by atoms with Crippen molar-refractivity contribution in [1.29, 1.82) is 0 Å². The van der Waals surface area contributed by atoms with E-state index in [1.807, 2.05) is 0 Å². The van der Waals surface area contributed by atoms with Gasteiger partial charge < -0.3 is 4.74 Å². The zero-order valence-electron chi connectivity index (χ0n) is 17.9. The third-order valence-corrected chi connectivity index (χ3v) is 6.26. The van der Waals surface area contributed by atoms with Crippen LogP contribution in [0.1, 0.15) is 71.1 Å². The maximum Gasteiger partial charge on any atom is 0.127 e. The second kappa shape index (κ2) is 9.96. The first kappa shape index (κ1) is 20.0. The van der Waals surface area contributed by atoms with Gasteiger partial charge in [-0.2, -0.15) is 0 Å². The van der Waals surface area contributed by atoms with E-state index in [9.17, 15) is 0 Å². The molecule has 4 rings (SSSR count). The molecule has 0 unspecified atom stereocenters. The molecule has 0 N–H and O–H groups in total. The lowest BCUT2D eigenvalue weighted by molar-refractivity contribution is 0.307. The summed E-state index contributed by atoms with van der Waals surface area (Å²) in [5, 5.41) is 2.61. The first-order valence-corrected chi connectivity index (χ1v) is 11.7. The SMILES string of the molecule is CCCCCCCCCCCCOc1ccc2c3c(cccc13)-c1ccccc1-2. The zero-order valence-corrected chi connectivity index (χ0v) is 17.9. The Labute approximate surface area is 176 Å². The van der Waals surface area contributed by atoms with Crippen LogP contribution < -0.4 is 4.74 Å². The lowest BCUT2D eigenvalue weighted by atomic mass is 10.0. The van der Waals surface area contributed by atoms with Gasteiger partial charge in [-0.1, -0.05) is 113 Å². The van der Waals surface area contributed by atoms with Crippen molar-refractivity contribution in [2.45, 2.75) is 71.1 Å². The van der Waals surface area contributed by atoms with Gasteiger partial charge in [-0.15, -0.1) is 0 Å². The Bertz CT molecular complexity index is 911. The molecule has 0 spiro atoms. The van der Waals surface area contributed by atoms with E-state index in [0.717, 1.165) is 18.8 Å². The van der Waals surface area contributed by atoms with E-state index in [1.165, 1.54) is 90.8 Å². The maximum atomic E-state index is 6.23. The van der Waals surface area contributed by atoms with E-state index in [0.29, 0.717) is 0 Å². The minimum atomic E-state index is 0.822. The molecule has 152 valence electrons. The summed E-state index contributed by atoms with van der Waals surface area (Å²) in [4.78, 5) is 0. The fraction of sp³-hybridized carbons (Fsp3) is 0.429. The minimum Gasteiger partial charge on any atom is -0.493 e. The summed E-state index contributed by atoms with van der Waals surface area (Å²) in [6.07, 6.45) is 13.6. The summed E-state index contributed by atoms with van der Waals surface area (Å²) in [7, 11) is 0. The Balaban J connectivity index is 1.27. The molecule has 0 amide bonds. The number of benzene rings is 3. The zero-order chi connectivity index (χ0) is 19.9. The Morgan fingerprint density at radius 2 is 1.14 bits per heavy atom. The predicted molar refractivity (Wildman–Crippen MR) is 126 cm³/mol. The highest BCUT2D eigenvalue weighted by molar-refractivity contribution is 6.16. The van der Waals surface area contributed by atoms with Crippen LogP contribution in [0.4, 0.5) is 0 Å². The first-order valence-electron chi connectivity index (χ1n) is 11.7. The normalized spacial score (nSPS) is 11.8. The Morgan fingerprint density at radius 3 is 1.83 bits per heavy atom. The topological polar surface area (TPSA) is 9.23 Å². The summed E-state index contributed by atoms with van der Waals surface area (Å²) in [6.45, 7) is 3.10. The maximum absolute atomic E-state index is 6.23. The number of ether oxygens (including phenoxy) is 1. The average Bonchev–Trinajstić information content (AvgIpc) is 3.09. The minimum absolute atomic E-state index is 0.822. The summed E-state index contributed by atoms with van der Waals surface area (Å²) in [5.41, 5.74) is 5.38. The second-order valence-electron chi connectivity index (χ2n) is 8.42. The molecule has 0 bridgehead atoms. The highest BCUT2D eigenvalue weighted by Gasteiger charge is 2.21. The van der Waals surface area contributed by atoms with Crippen molar-refractivity contribution in [3.63, 3.8) is 0 Å². The molecule has 0 saturated carbocycles. The van der Waals surface area contributed by atoms with Crippen molar-refractivity contribution >= 4 is 10.8 Å². The summed E-state index contributed by atoms with van der Waals surface area (Å²) in [6, 6.07) is 19.7. The van der Waals surface area contributed by atoms with E-state index < -0.39 is 0 Å². The quantitative estimate of drug-likeness (QED) is 0.221. The molecule has 1 aliphatic carbocycles. The number of hydrogen-bond acceptors (Lipinski definition) is 1. The summed E-state index contributed by atoms with van der Waals surface area (Å²) >= 11 is 0. The molecular formula is C28H34O. The van der Waals surface area contributed by atoms with Crippen LogP contribution in [-0.2, 0) is 0 Å². The Morgan fingerprint density at radius 1 is 0.552 bits per heavy atom. The van der Waals surface area contributed by atoms with Crippen LogP contribution in [-0.4, -0.2) is 6.61 Å². The van der Waals surface area contributed by atoms with Gasteiger partial charge in [-0.3, -0.25) is 0 Å². The third kappa shape index (κ3) is 4.50. The van der Waals surface area contributed by atoms with Crippen LogP contribution >= 0.6 is 0 Å². The van der Waals surface area contributed by atoms with Gasteiger partial charge in [0.2, 0.25) is 0 Å². The fourth-order valence-corrected chi connectivity index (χ4v) is 4.68. The standard InChI is InChI=1S/C28H34O/c1-2-3-4-5-6-7-8-9-10-13-21-29-27-20-19-25-23-16-12-11-15-22(23)24-17-14-18-26(27)28(24)25/h11-12,14-20H,2-10,13,21H2,1H3. The van der Waals surface area contributed by atoms with Gasteiger partial charge in [0.1, 0.15) is 5.75 Å². The number of rotatable bonds is 12. The molecule has 1 nitrogen and oxygen atoms in total. The molecule has 3 aromatic rings. The Hall–Kier alpha value is -2.28. The highest BCUT2D eigenvalue weighted by atomic mass is 16.5. The summed E-state index contributed by atoms with van der Waals surface area (Å²) in [5.74, 6) is 1.04. The van der Waals surface area contributed by atoms with Crippen LogP contribution in [0.25, 0.3) is 33.0 Å². The van der Waals surface area contributed by atoms with Gasteiger partial charge in [-0.25, -0.2) is 0 Å². The van der Waals surface area contributed by atoms with E-state index >= 15 is 0 Å². The molecule has 1 aliphatic rings. The molecule has 0 aromatic heterocycles. The molecule has 0 fully saturated rings. The van der Waals surface area contributed by atoms with E-state index in [2.05, 4.69) is 61.5 Å². The monoisotopic (exact) mass is 386 g/mol. The van der Waals surface area contributed by atoms with Gasteiger partial charge >= 0.3 is 0 Å². The van der Waals surface area contributed by atoms with E-state index in [-0.39, 0.29) is 0 Å². The van der Waals surface area contributed by atoms with E-state index in [1.54, 1.807) is 0 Å². The average molecular weight is 387 g/mol. The highest BCUT2D eigenvalue weighted by Crippen LogP contribution is 2.48. The molecule has 0 heterocycles. The van der Waals surface area contributed by atoms with Crippen molar-refractivity contribution in [3.05, 3.63) is 54.6 Å². The van der Waals surface area contributed by atoms with Gasteiger partial charge in [0, 0.05) is 10.8 Å². The third-order valence-electron chi connectivity index (χ3n) is 6.26. The van der Waals surface area contributed by atoms with Gasteiger partial charge in [0.05, 0.1) is 6.61 Å². The molecule has 29 heavy (non-hydrogen) atoms. The summed E-state index contributed by atoms with van der Waals surface area (Å²) < 4.78 is 6.23. The van der Waals surface area contributed by atoms with Crippen LogP contribution in [0.5, 0.6) is 5.75 Å². The molecule has 1 heteroatoms. The van der Waals surface area contributed by atoms with Crippen LogP contribution in [0.2, 0.25) is 0 Å². The van der Waals surface area contributed by atoms with Crippen LogP contribution in [0, 0.1) is 0 Å². The van der Waals surface area contributed by atoms with E-state index in [4.69, 9.17) is 4.74 Å². The van der Waals surface area contributed by atoms with Crippen molar-refractivity contribution in [2.75, 3.05) is 6.61 Å². The Kier molecular flexibility index (Phi) is 6.87. The van der Waals surface area contributed by atoms with Crippen molar-refractivity contribution in [3.8, 4) is 28.0 Å². The number of hydrogen-bond donors (Lipinski definition) is 0. The molecule has 0 atom stereocenters. The molecule has 0 saturated heterocycles. The first-order chi connectivity index (χ1) is 14.4. The van der Waals surface area contributed by atoms with Gasteiger partial charge in [0.15, 0.2) is 0 Å². The molecule has 3 aromatic carbocycles. The number of fused-ring (bicyclic) bond motifs is 3. The largest absolute Gasteiger partial charge is 0.493 e. The van der Waals surface area contributed by atoms with Crippen LogP contribution in [0.15, 0.2) is 54.6 Å². The lowest BCUT2D eigenvalue weighted by Gasteiger charge is -2.11. The molecule has 0 radical (unpaired) electrons. The second-order valence-corrected chi connectivity index (χ2v) is 8.42. The van der Waals surface area contributed by atoms with Crippen molar-refractivity contribution < 1.29 is 4.74 Å². The molecular weight excluding hydrogens is 352 g/mol. The fourth-order valence-electron chi connectivity index (χ4n) is 4.68. The lowest BCUT2D eigenvalue weighted by Crippen LogP contribution is -1.98. The smallest absolute Gasteiger partial charge is 0.127 e. The number of unbranched alkanes of at least 4 members (excludes halogenated alkanes) is 9. The molecule has 0 aliphatic heterocycles. The van der Waals surface area contributed by atoms with Crippen molar-refractivity contribution in [1.82, 2.24) is 0 Å². The van der Waals surface area contributed by atoms with Gasteiger partial charge in [-0.05, 0) is 34.7 Å². The van der Waals surface area contributed by atoms with Gasteiger partial charge in [0.25, 0.3) is 0 Å². The van der Waals surface area contributed by atoms with Crippen LogP contribution in [0.3, 0.4) is 0 Å².